The van der Waals surface area contributed by atoms with Gasteiger partial charge in [0.25, 0.3) is 0 Å². The van der Waals surface area contributed by atoms with Crippen LogP contribution in [0, 0.1) is 0 Å². The van der Waals surface area contributed by atoms with Gasteiger partial charge in [-0.2, -0.15) is 13.2 Å². The molecular weight excluding hydrogens is 485 g/mol. The van der Waals surface area contributed by atoms with E-state index in [1.165, 1.54) is 25.3 Å². The summed E-state index contributed by atoms with van der Waals surface area (Å²) in [5.41, 5.74) is 4.76. The zero-order valence-electron chi connectivity index (χ0n) is 16.4. The van der Waals surface area contributed by atoms with Gasteiger partial charge in [-0.05, 0) is 54.1 Å². The number of halogens is 4. The van der Waals surface area contributed by atoms with E-state index >= 15 is 0 Å². The minimum Gasteiger partial charge on any atom is -0.494 e. The Bertz CT molecular complexity index is 1220. The van der Waals surface area contributed by atoms with E-state index in [0.717, 1.165) is 17.4 Å². The number of allylic oxidation sites excluding steroid dienone is 2. The molecule has 0 fully saturated rings. The standard InChI is InChI=1S/C21H16ClF3N2O3S2/c1-30-17-6-5-13(22)10-15(17)27-16(11-20(26)21(23,24)25)19-8-7-18(31-19)12-3-2-4-14(9-12)32(28)29/h2-11H,26H2,1H3,(H,28,29). The Balaban J connectivity index is 2.13. The molecule has 0 saturated heterocycles. The SMILES string of the molecule is COc1ccc(Cl)cc1N=C(C=C(N)C(F)(F)F)c1ccc(-c2cccc(S(=O)O)c2)s1. The van der Waals surface area contributed by atoms with Gasteiger partial charge < -0.3 is 15.0 Å². The molecule has 0 saturated carbocycles. The number of thiophene rings is 1. The van der Waals surface area contributed by atoms with Crippen molar-refractivity contribution in [1.29, 1.82) is 0 Å². The van der Waals surface area contributed by atoms with Gasteiger partial charge in [-0.3, -0.25) is 0 Å². The second-order valence-electron chi connectivity index (χ2n) is 6.35. The normalized spacial score (nSPS) is 13.8. The molecule has 168 valence electrons. The number of ether oxygens (including phenoxy) is 1. The van der Waals surface area contributed by atoms with Gasteiger partial charge in [0.15, 0.2) is 11.1 Å². The minimum absolute atomic E-state index is 0.0430. The fraction of sp³-hybridized carbons (Fsp3) is 0.0952. The van der Waals surface area contributed by atoms with E-state index in [0.29, 0.717) is 26.1 Å². The lowest BCUT2D eigenvalue weighted by molar-refractivity contribution is -0.0925. The molecular formula is C21H16ClF3N2O3S2. The Kier molecular flexibility index (Phi) is 7.40. The second kappa shape index (κ2) is 9.86. The molecule has 1 heterocycles. The van der Waals surface area contributed by atoms with E-state index < -0.39 is 23.0 Å². The molecule has 0 aliphatic carbocycles. The van der Waals surface area contributed by atoms with Crippen molar-refractivity contribution in [2.45, 2.75) is 11.1 Å². The van der Waals surface area contributed by atoms with Crippen molar-refractivity contribution in [3.05, 3.63) is 76.3 Å². The summed E-state index contributed by atoms with van der Waals surface area (Å²) >= 11 is 5.01. The number of nitrogens with zero attached hydrogens (tertiary/aromatic N) is 1. The van der Waals surface area contributed by atoms with Crippen LogP contribution in [0.5, 0.6) is 5.75 Å². The average Bonchev–Trinajstić information content (AvgIpc) is 3.23. The number of nitrogens with two attached hydrogens (primary N) is 1. The molecule has 3 N–H and O–H groups in total. The molecule has 3 rings (SSSR count). The zero-order valence-corrected chi connectivity index (χ0v) is 18.8. The largest absolute Gasteiger partial charge is 0.494 e. The van der Waals surface area contributed by atoms with Crippen LogP contribution in [0.1, 0.15) is 4.88 Å². The number of alkyl halides is 3. The van der Waals surface area contributed by atoms with Crippen LogP contribution in [0.2, 0.25) is 5.02 Å². The highest BCUT2D eigenvalue weighted by atomic mass is 35.5. The predicted molar refractivity (Wildman–Crippen MR) is 121 cm³/mol. The summed E-state index contributed by atoms with van der Waals surface area (Å²) in [6, 6.07) is 14.2. The van der Waals surface area contributed by atoms with Gasteiger partial charge in [0.1, 0.15) is 17.1 Å². The third-order valence-electron chi connectivity index (χ3n) is 4.18. The quantitative estimate of drug-likeness (QED) is 0.312. The fourth-order valence-electron chi connectivity index (χ4n) is 2.66. The fourth-order valence-corrected chi connectivity index (χ4v) is 4.21. The summed E-state index contributed by atoms with van der Waals surface area (Å²) in [6.45, 7) is 0. The molecule has 5 nitrogen and oxygen atoms in total. The van der Waals surface area contributed by atoms with Crippen LogP contribution in [0.3, 0.4) is 0 Å². The number of rotatable bonds is 6. The molecule has 1 unspecified atom stereocenters. The van der Waals surface area contributed by atoms with E-state index in [4.69, 9.17) is 22.1 Å². The minimum atomic E-state index is -4.74. The van der Waals surface area contributed by atoms with Crippen LogP contribution in [0.15, 0.2) is 76.3 Å². The van der Waals surface area contributed by atoms with Crippen LogP contribution >= 0.6 is 22.9 Å². The molecule has 0 aliphatic rings. The summed E-state index contributed by atoms with van der Waals surface area (Å²) in [6.07, 6.45) is -3.99. The number of methoxy groups -OCH3 is 1. The average molecular weight is 501 g/mol. The molecule has 0 aliphatic heterocycles. The topological polar surface area (TPSA) is 84.9 Å². The molecule has 1 aromatic heterocycles. The van der Waals surface area contributed by atoms with Crippen LogP contribution in [-0.4, -0.2) is 27.8 Å². The molecule has 0 radical (unpaired) electrons. The molecule has 3 aromatic rings. The molecule has 32 heavy (non-hydrogen) atoms. The maximum Gasteiger partial charge on any atom is 0.430 e. The molecule has 1 atom stereocenters. The number of hydrogen-bond donors (Lipinski definition) is 2. The van der Waals surface area contributed by atoms with Crippen molar-refractivity contribution >= 4 is 45.4 Å². The summed E-state index contributed by atoms with van der Waals surface area (Å²) in [4.78, 5) is 5.60. The van der Waals surface area contributed by atoms with E-state index in [2.05, 4.69) is 4.99 Å². The summed E-state index contributed by atoms with van der Waals surface area (Å²) in [5.74, 6) is 0.320. The maximum absolute atomic E-state index is 13.1. The number of hydrogen-bond acceptors (Lipinski definition) is 5. The van der Waals surface area contributed by atoms with Crippen molar-refractivity contribution in [3.8, 4) is 16.2 Å². The van der Waals surface area contributed by atoms with Gasteiger partial charge in [-0.15, -0.1) is 11.3 Å². The Hall–Kier alpha value is -2.66. The number of benzene rings is 2. The second-order valence-corrected chi connectivity index (χ2v) is 8.84. The Morgan fingerprint density at radius 1 is 1.22 bits per heavy atom. The Morgan fingerprint density at radius 3 is 2.62 bits per heavy atom. The Labute approximate surface area is 193 Å². The van der Waals surface area contributed by atoms with Crippen LogP contribution in [-0.2, 0) is 11.1 Å². The monoisotopic (exact) mass is 500 g/mol. The highest BCUT2D eigenvalue weighted by molar-refractivity contribution is 7.79. The van der Waals surface area contributed by atoms with E-state index in [1.807, 2.05) is 0 Å². The van der Waals surface area contributed by atoms with Crippen LogP contribution in [0.25, 0.3) is 10.4 Å². The summed E-state index contributed by atoms with van der Waals surface area (Å²) < 4.78 is 65.2. The highest BCUT2D eigenvalue weighted by Crippen LogP contribution is 2.34. The Morgan fingerprint density at radius 2 is 1.97 bits per heavy atom. The third kappa shape index (κ3) is 5.77. The van der Waals surface area contributed by atoms with Gasteiger partial charge in [-0.1, -0.05) is 23.7 Å². The molecule has 0 spiro atoms. The van der Waals surface area contributed by atoms with Gasteiger partial charge in [0, 0.05) is 9.90 Å². The van der Waals surface area contributed by atoms with Crippen molar-refractivity contribution < 1.29 is 26.7 Å². The lowest BCUT2D eigenvalue weighted by Crippen LogP contribution is -2.20. The zero-order chi connectivity index (χ0) is 23.5. The van der Waals surface area contributed by atoms with E-state index in [9.17, 15) is 21.9 Å². The van der Waals surface area contributed by atoms with Crippen molar-refractivity contribution in [3.63, 3.8) is 0 Å². The first kappa shape index (κ1) is 24.0. The van der Waals surface area contributed by atoms with Crippen LogP contribution in [0.4, 0.5) is 18.9 Å². The first-order valence-electron chi connectivity index (χ1n) is 8.86. The number of aliphatic imine (C=N–C) groups is 1. The van der Waals surface area contributed by atoms with Gasteiger partial charge in [-0.25, -0.2) is 9.20 Å². The van der Waals surface area contributed by atoms with Gasteiger partial charge in [0.05, 0.1) is 22.6 Å². The van der Waals surface area contributed by atoms with Crippen molar-refractivity contribution in [2.75, 3.05) is 7.11 Å². The highest BCUT2D eigenvalue weighted by Gasteiger charge is 2.32. The van der Waals surface area contributed by atoms with Crippen LogP contribution < -0.4 is 10.5 Å². The van der Waals surface area contributed by atoms with Crippen molar-refractivity contribution in [1.82, 2.24) is 0 Å². The lowest BCUT2D eigenvalue weighted by Gasteiger charge is -2.09. The maximum atomic E-state index is 13.1. The van der Waals surface area contributed by atoms with E-state index in [1.54, 1.807) is 36.4 Å². The molecule has 0 bridgehead atoms. The third-order valence-corrected chi connectivity index (χ3v) is 6.23. The predicted octanol–water partition coefficient (Wildman–Crippen LogP) is 6.18. The smallest absolute Gasteiger partial charge is 0.430 e. The van der Waals surface area contributed by atoms with Crippen molar-refractivity contribution in [2.24, 2.45) is 10.7 Å². The summed E-state index contributed by atoms with van der Waals surface area (Å²) in [5, 5.41) is 0.331. The molecule has 2 aromatic carbocycles. The molecule has 0 amide bonds. The molecule has 11 heteroatoms. The van der Waals surface area contributed by atoms with E-state index in [-0.39, 0.29) is 16.3 Å². The first-order chi connectivity index (χ1) is 15.1. The lowest BCUT2D eigenvalue weighted by atomic mass is 10.2. The first-order valence-corrected chi connectivity index (χ1v) is 11.2. The van der Waals surface area contributed by atoms with Gasteiger partial charge in [0.2, 0.25) is 0 Å². The summed E-state index contributed by atoms with van der Waals surface area (Å²) in [7, 11) is 1.41. The van der Waals surface area contributed by atoms with Gasteiger partial charge >= 0.3 is 6.18 Å².